The van der Waals surface area contributed by atoms with Crippen LogP contribution < -0.4 is 37.9 Å². The van der Waals surface area contributed by atoms with Crippen molar-refractivity contribution in [3.05, 3.63) is 97.6 Å². The number of nitrogens with one attached hydrogen (secondary N) is 5. The second-order valence-electron chi connectivity index (χ2n) is 15.9. The number of aromatic nitrogens is 2. The maximum absolute atomic E-state index is 15.3. The molecule has 24 heteroatoms. The maximum Gasteiger partial charge on any atom is 0.490 e. The van der Waals surface area contributed by atoms with Crippen molar-refractivity contribution in [2.75, 3.05) is 33.0 Å². The Labute approximate surface area is 382 Å². The van der Waals surface area contributed by atoms with Gasteiger partial charge in [0, 0.05) is 29.0 Å². The Morgan fingerprint density at radius 2 is 1.68 bits per heavy atom. The summed E-state index contributed by atoms with van der Waals surface area (Å²) >= 11 is 0. The highest BCUT2D eigenvalue weighted by molar-refractivity contribution is 5.95. The normalized spacial score (nSPS) is 16.9. The molecule has 68 heavy (non-hydrogen) atoms. The fraction of sp³-hybridized carbons (Fsp3) is 0.386. The molecule has 3 atom stereocenters. The smallest absolute Gasteiger partial charge is 0.475 e. The topological polar surface area (TPSA) is 299 Å². The van der Waals surface area contributed by atoms with Crippen LogP contribution in [0.2, 0.25) is 0 Å². The Kier molecular flexibility index (Phi) is 15.2. The molecule has 0 unspecified atom stereocenters. The van der Waals surface area contributed by atoms with Gasteiger partial charge in [0.2, 0.25) is 29.5 Å². The number of hydrogen-bond donors (Lipinski definition) is 8. The van der Waals surface area contributed by atoms with Crippen LogP contribution in [0.15, 0.2) is 47.3 Å². The monoisotopic (exact) mass is 954 g/mol. The Morgan fingerprint density at radius 3 is 2.34 bits per heavy atom. The number of nitrogens with zero attached hydrogens (tertiary/aromatic N) is 2. The van der Waals surface area contributed by atoms with Gasteiger partial charge in [-0.05, 0) is 54.5 Å². The molecule has 2 aromatic carbocycles. The van der Waals surface area contributed by atoms with E-state index in [-0.39, 0.29) is 50.4 Å². The van der Waals surface area contributed by atoms with Crippen molar-refractivity contribution in [2.45, 2.75) is 76.5 Å². The van der Waals surface area contributed by atoms with E-state index in [0.717, 1.165) is 11.1 Å². The number of ether oxygens (including phenoxy) is 2. The highest BCUT2D eigenvalue weighted by Gasteiger charge is 2.46. The van der Waals surface area contributed by atoms with E-state index in [1.807, 2.05) is 0 Å². The number of aliphatic carboxylic acids is 1. The van der Waals surface area contributed by atoms with Gasteiger partial charge in [-0.2, -0.15) is 13.2 Å². The molecule has 0 fully saturated rings. The standard InChI is InChI=1S/C42H45FN8O10.C2HF3O2/c1-3-42(59)26-12-31-38-24(17-51(31)40(57)25(26)18-61-41(42)58)37-28(10-9-23-21(2)27(43)13-29(50-38)36(23)37)48-35(55)19-60-20-47-33(53)15-46-39(56)30(11-22-7-5-4-6-8-22)49-34(54)16-45-32(52)14-44;3-2(4,5)1(6)7/h4-8,12-13,28,30,59H,3,9-11,14-20,44H2,1-2H3,(H,45,52)(H,46,56)(H,47,53)(H,48,55)(H,49,54);(H,6,7)/t28-,30-,42-;/m0./s1. The quantitative estimate of drug-likeness (QED) is 0.0303. The third-order valence-corrected chi connectivity index (χ3v) is 11.5. The van der Waals surface area contributed by atoms with Gasteiger partial charge >= 0.3 is 18.1 Å². The van der Waals surface area contributed by atoms with Gasteiger partial charge in [0.05, 0.1) is 54.7 Å². The van der Waals surface area contributed by atoms with Crippen molar-refractivity contribution in [2.24, 2.45) is 5.73 Å². The number of esters is 1. The van der Waals surface area contributed by atoms with Gasteiger partial charge in [-0.25, -0.2) is 19.0 Å². The van der Waals surface area contributed by atoms with E-state index in [2.05, 4.69) is 26.6 Å². The molecule has 5 amide bonds. The minimum atomic E-state index is -5.08. The van der Waals surface area contributed by atoms with E-state index in [9.17, 15) is 51.8 Å². The van der Waals surface area contributed by atoms with Crippen molar-refractivity contribution in [3.63, 3.8) is 0 Å². The lowest BCUT2D eigenvalue weighted by Gasteiger charge is -2.31. The number of benzene rings is 2. The maximum atomic E-state index is 15.3. The summed E-state index contributed by atoms with van der Waals surface area (Å²) in [4.78, 5) is 103. The fourth-order valence-corrected chi connectivity index (χ4v) is 8.12. The number of hydrogen-bond acceptors (Lipinski definition) is 13. The molecule has 4 heterocycles. The number of pyridine rings is 2. The molecule has 362 valence electrons. The van der Waals surface area contributed by atoms with Gasteiger partial charge in [0.15, 0.2) is 5.60 Å². The highest BCUT2D eigenvalue weighted by Crippen LogP contribution is 2.46. The molecule has 20 nitrogen and oxygen atoms in total. The number of carbonyl (C=O) groups excluding carboxylic acids is 6. The van der Waals surface area contributed by atoms with Crippen LogP contribution in [0, 0.1) is 12.7 Å². The number of alkyl halides is 3. The summed E-state index contributed by atoms with van der Waals surface area (Å²) in [6.07, 6.45) is -4.20. The molecular weight excluding hydrogens is 909 g/mol. The number of aliphatic hydroxyl groups is 1. The number of carbonyl (C=O) groups is 7. The largest absolute Gasteiger partial charge is 0.490 e. The average Bonchev–Trinajstić information content (AvgIpc) is 3.68. The number of carboxylic acid groups (broad SMARTS) is 1. The molecule has 7 rings (SSSR count). The summed E-state index contributed by atoms with van der Waals surface area (Å²) < 4.78 is 59.1. The number of amides is 5. The number of halogens is 4. The minimum absolute atomic E-state index is 0.0356. The molecule has 0 radical (unpaired) electrons. The lowest BCUT2D eigenvalue weighted by molar-refractivity contribution is -0.192. The molecule has 0 bridgehead atoms. The van der Waals surface area contributed by atoms with Crippen molar-refractivity contribution >= 4 is 52.4 Å². The lowest BCUT2D eigenvalue weighted by Crippen LogP contribution is -2.52. The predicted molar refractivity (Wildman–Crippen MR) is 228 cm³/mol. The summed E-state index contributed by atoms with van der Waals surface area (Å²) in [6.45, 7) is 1.03. The van der Waals surface area contributed by atoms with E-state index >= 15 is 4.39 Å². The molecular formula is C44H46F4N8O12. The van der Waals surface area contributed by atoms with Crippen LogP contribution in [0.4, 0.5) is 17.6 Å². The summed E-state index contributed by atoms with van der Waals surface area (Å²) in [7, 11) is 0. The summed E-state index contributed by atoms with van der Waals surface area (Å²) in [5, 5.41) is 31.9. The molecule has 1 aliphatic carbocycles. The Hall–Kier alpha value is -7.31. The molecule has 0 spiro atoms. The van der Waals surface area contributed by atoms with Gasteiger partial charge in [-0.15, -0.1) is 0 Å². The number of aryl methyl sites for hydroxylation is 1. The number of cyclic esters (lactones) is 1. The zero-order valence-corrected chi connectivity index (χ0v) is 36.4. The van der Waals surface area contributed by atoms with E-state index in [0.29, 0.717) is 51.8 Å². The first-order chi connectivity index (χ1) is 32.2. The van der Waals surface area contributed by atoms with Gasteiger partial charge in [0.25, 0.3) is 5.56 Å². The van der Waals surface area contributed by atoms with Crippen molar-refractivity contribution < 1.29 is 70.8 Å². The van der Waals surface area contributed by atoms with E-state index in [1.165, 1.54) is 10.6 Å². The van der Waals surface area contributed by atoms with Gasteiger partial charge in [-0.1, -0.05) is 37.3 Å². The summed E-state index contributed by atoms with van der Waals surface area (Å²) in [5.41, 5.74) is 7.33. The van der Waals surface area contributed by atoms with E-state index in [4.69, 9.17) is 30.1 Å². The molecule has 2 aromatic heterocycles. The van der Waals surface area contributed by atoms with Crippen molar-refractivity contribution in [1.29, 1.82) is 0 Å². The first-order valence-corrected chi connectivity index (χ1v) is 21.0. The first kappa shape index (κ1) is 50.1. The average molecular weight is 955 g/mol. The van der Waals surface area contributed by atoms with Crippen LogP contribution in [0.3, 0.4) is 0 Å². The van der Waals surface area contributed by atoms with Crippen LogP contribution in [0.1, 0.15) is 64.8 Å². The number of rotatable bonds is 15. The SMILES string of the molecule is CC[C@@]1(O)C(=O)OCc2c1cc1n(c2=O)Cc2c-1nc1cc(F)c(C)c3c1c2[C@@H](NC(=O)COCNC(=O)CNC(=O)[C@H](Cc1ccccc1)NC(=O)CNC(=O)CN)CC3.O=C(O)C(F)(F)F. The number of fused-ring (bicyclic) bond motifs is 5. The zero-order chi connectivity index (χ0) is 49.7. The van der Waals surface area contributed by atoms with Crippen LogP contribution in [-0.2, 0) is 74.6 Å². The highest BCUT2D eigenvalue weighted by atomic mass is 19.4. The number of nitrogens with two attached hydrogens (primary N) is 1. The molecule has 0 saturated heterocycles. The second-order valence-corrected chi connectivity index (χ2v) is 15.9. The van der Waals surface area contributed by atoms with Crippen molar-refractivity contribution in [1.82, 2.24) is 36.1 Å². The summed E-state index contributed by atoms with van der Waals surface area (Å²) in [6, 6.07) is 10.1. The van der Waals surface area contributed by atoms with Crippen LogP contribution in [0.5, 0.6) is 0 Å². The molecule has 9 N–H and O–H groups in total. The van der Waals surface area contributed by atoms with Gasteiger partial charge < -0.3 is 56.6 Å². The van der Waals surface area contributed by atoms with Crippen LogP contribution in [-0.4, -0.2) is 106 Å². The van der Waals surface area contributed by atoms with E-state index in [1.54, 1.807) is 50.2 Å². The molecule has 0 saturated carbocycles. The third-order valence-electron chi connectivity index (χ3n) is 11.5. The lowest BCUT2D eigenvalue weighted by atomic mass is 9.81. The Morgan fingerprint density at radius 1 is 0.985 bits per heavy atom. The van der Waals surface area contributed by atoms with E-state index < -0.39 is 96.4 Å². The third kappa shape index (κ3) is 10.8. The molecule has 4 aromatic rings. The fourth-order valence-electron chi connectivity index (χ4n) is 8.12. The predicted octanol–water partition coefficient (Wildman–Crippen LogP) is 0.273. The van der Waals surface area contributed by atoms with Gasteiger partial charge in [0.1, 0.15) is 31.8 Å². The number of carboxylic acids is 1. The first-order valence-electron chi connectivity index (χ1n) is 21.0. The molecule has 2 aliphatic heterocycles. The van der Waals surface area contributed by atoms with Crippen LogP contribution >= 0.6 is 0 Å². The summed E-state index contributed by atoms with van der Waals surface area (Å²) in [5.74, 6) is -7.06. The Bertz CT molecular complexity index is 2750. The minimum Gasteiger partial charge on any atom is -0.475 e. The van der Waals surface area contributed by atoms with Gasteiger partial charge in [-0.3, -0.25) is 28.8 Å². The Balaban J connectivity index is 0.00000101. The van der Waals surface area contributed by atoms with Crippen molar-refractivity contribution in [3.8, 4) is 11.4 Å². The zero-order valence-electron chi connectivity index (χ0n) is 36.4. The molecule has 3 aliphatic rings. The second kappa shape index (κ2) is 20.7. The van der Waals surface area contributed by atoms with Crippen LogP contribution in [0.25, 0.3) is 22.3 Å².